The molecule has 10 nitrogen and oxygen atoms in total. The van der Waals surface area contributed by atoms with E-state index in [0.29, 0.717) is 0 Å². The van der Waals surface area contributed by atoms with Crippen LogP contribution in [0.5, 0.6) is 0 Å². The maximum atomic E-state index is 12.1. The minimum absolute atomic E-state index is 0.0986. The number of amides is 1. The van der Waals surface area contributed by atoms with Crippen molar-refractivity contribution in [2.75, 3.05) is 5.43 Å². The van der Waals surface area contributed by atoms with Crippen LogP contribution < -0.4 is 10.9 Å². The van der Waals surface area contributed by atoms with Crippen molar-refractivity contribution < 1.29 is 27.7 Å². The normalized spacial score (nSPS) is 12.1. The number of nitriles is 1. The third kappa shape index (κ3) is 6.53. The summed E-state index contributed by atoms with van der Waals surface area (Å²) >= 11 is 0. The highest BCUT2D eigenvalue weighted by Crippen LogP contribution is 2.23. The Morgan fingerprint density at radius 2 is 1.93 bits per heavy atom. The Kier molecular flexibility index (Phi) is 7.10. The zero-order valence-electron chi connectivity index (χ0n) is 13.6. The average Bonchev–Trinajstić information content (AvgIpc) is 2.59. The van der Waals surface area contributed by atoms with Gasteiger partial charge in [-0.2, -0.15) is 28.6 Å². The van der Waals surface area contributed by atoms with E-state index in [1.165, 1.54) is 24.3 Å². The van der Waals surface area contributed by atoms with Crippen molar-refractivity contribution in [3.63, 3.8) is 0 Å². The summed E-state index contributed by atoms with van der Waals surface area (Å²) in [5.74, 6) is -3.24. The van der Waals surface area contributed by atoms with Gasteiger partial charge in [-0.25, -0.2) is 5.43 Å². The van der Waals surface area contributed by atoms with Gasteiger partial charge in [0.15, 0.2) is 0 Å². The fraction of sp³-hybridized carbons (Fsp3) is 0.214. The number of hydrogen-bond acceptors (Lipinski definition) is 8. The number of benzene rings is 1. The summed E-state index contributed by atoms with van der Waals surface area (Å²) < 4.78 is 36.4. The number of nitro benzene ring substituents is 1. The van der Waals surface area contributed by atoms with Gasteiger partial charge in [0.05, 0.1) is 11.3 Å². The Labute approximate surface area is 149 Å². The second-order valence-electron chi connectivity index (χ2n) is 4.84. The quantitative estimate of drug-likeness (QED) is 0.416. The summed E-state index contributed by atoms with van der Waals surface area (Å²) in [6, 6.07) is 6.68. The van der Waals surface area contributed by atoms with Crippen LogP contribution in [0.4, 0.5) is 24.5 Å². The molecule has 2 N–H and O–H groups in total. The van der Waals surface area contributed by atoms with Gasteiger partial charge in [0.2, 0.25) is 11.5 Å². The Hall–Kier alpha value is -3.82. The number of nitro groups is 1. The Morgan fingerprint density at radius 3 is 2.48 bits per heavy atom. The highest BCUT2D eigenvalue weighted by molar-refractivity contribution is 6.45. The molecule has 0 aliphatic heterocycles. The van der Waals surface area contributed by atoms with Crippen LogP contribution in [0.15, 0.2) is 34.5 Å². The second-order valence-corrected chi connectivity index (χ2v) is 4.84. The van der Waals surface area contributed by atoms with E-state index in [1.807, 2.05) is 0 Å². The van der Waals surface area contributed by atoms with Gasteiger partial charge >= 0.3 is 12.1 Å². The minimum Gasteiger partial charge on any atom is -0.289 e. The number of nitrogens with one attached hydrogen (secondary N) is 2. The standard InChI is InChI=1S/C14H11F3N6O4/c1-8(6-12(24)14(15,16)17)19-22-13(25)10(7-18)21-20-9-4-2-3-5-11(9)23(26)27/h2-5,20H,6H2,1H3,(H,22,25)/b19-8?,21-10-. The van der Waals surface area contributed by atoms with Crippen LogP contribution in [0.2, 0.25) is 0 Å². The lowest BCUT2D eigenvalue weighted by Crippen LogP contribution is -2.29. The summed E-state index contributed by atoms with van der Waals surface area (Å²) in [4.78, 5) is 32.7. The van der Waals surface area contributed by atoms with E-state index in [1.54, 1.807) is 5.43 Å². The molecule has 0 unspecified atom stereocenters. The second kappa shape index (κ2) is 9.04. The molecule has 0 atom stereocenters. The van der Waals surface area contributed by atoms with Crippen LogP contribution >= 0.6 is 0 Å². The van der Waals surface area contributed by atoms with E-state index < -0.39 is 34.9 Å². The van der Waals surface area contributed by atoms with Crippen molar-refractivity contribution in [1.29, 1.82) is 5.26 Å². The molecule has 13 heteroatoms. The number of para-hydroxylation sites is 2. The lowest BCUT2D eigenvalue weighted by molar-refractivity contribution is -0.384. The summed E-state index contributed by atoms with van der Waals surface area (Å²) in [6.07, 6.45) is -6.11. The van der Waals surface area contributed by atoms with Gasteiger partial charge < -0.3 is 0 Å². The first-order chi connectivity index (χ1) is 12.6. The molecule has 1 aromatic rings. The van der Waals surface area contributed by atoms with Crippen molar-refractivity contribution in [3.05, 3.63) is 34.4 Å². The number of ketones is 1. The van der Waals surface area contributed by atoms with Crippen molar-refractivity contribution >= 4 is 34.5 Å². The van der Waals surface area contributed by atoms with Crippen LogP contribution in [-0.2, 0) is 9.59 Å². The predicted molar refractivity (Wildman–Crippen MR) is 86.7 cm³/mol. The van der Waals surface area contributed by atoms with Gasteiger partial charge in [0.1, 0.15) is 11.8 Å². The zero-order valence-corrected chi connectivity index (χ0v) is 13.6. The van der Waals surface area contributed by atoms with Gasteiger partial charge in [-0.1, -0.05) is 12.1 Å². The smallest absolute Gasteiger partial charge is 0.289 e. The molecule has 1 amide bonds. The van der Waals surface area contributed by atoms with E-state index in [2.05, 4.69) is 15.6 Å². The number of halogens is 3. The van der Waals surface area contributed by atoms with Crippen LogP contribution in [-0.4, -0.2) is 34.2 Å². The first-order valence-corrected chi connectivity index (χ1v) is 6.97. The van der Waals surface area contributed by atoms with Crippen molar-refractivity contribution in [2.24, 2.45) is 10.2 Å². The molecule has 0 saturated carbocycles. The summed E-state index contributed by atoms with van der Waals surface area (Å²) in [6.45, 7) is 1.07. The number of alkyl halides is 3. The monoisotopic (exact) mass is 384 g/mol. The number of hydrogen-bond donors (Lipinski definition) is 2. The number of rotatable bonds is 7. The van der Waals surface area contributed by atoms with E-state index in [9.17, 15) is 32.9 Å². The molecular formula is C14H11F3N6O4. The fourth-order valence-electron chi connectivity index (χ4n) is 1.54. The summed E-state index contributed by atoms with van der Waals surface area (Å²) in [7, 11) is 0. The molecule has 0 fully saturated rings. The number of hydrazone groups is 2. The Balaban J connectivity index is 2.82. The maximum absolute atomic E-state index is 12.1. The van der Waals surface area contributed by atoms with Gasteiger partial charge in [0.25, 0.3) is 5.69 Å². The Bertz CT molecular complexity index is 857. The van der Waals surface area contributed by atoms with Gasteiger partial charge in [-0.15, -0.1) is 0 Å². The van der Waals surface area contributed by atoms with Gasteiger partial charge in [0, 0.05) is 11.8 Å². The molecule has 0 saturated heterocycles. The molecule has 0 spiro atoms. The molecule has 0 heterocycles. The lowest BCUT2D eigenvalue weighted by Gasteiger charge is -2.05. The number of nitrogens with zero attached hydrogens (tertiary/aromatic N) is 4. The Morgan fingerprint density at radius 1 is 1.30 bits per heavy atom. The molecule has 27 heavy (non-hydrogen) atoms. The van der Waals surface area contributed by atoms with Crippen LogP contribution in [0, 0.1) is 21.4 Å². The molecule has 1 rings (SSSR count). The topological polar surface area (TPSA) is 150 Å². The molecule has 0 bridgehead atoms. The summed E-state index contributed by atoms with van der Waals surface area (Å²) in [5, 5.41) is 26.4. The first kappa shape index (κ1) is 21.2. The van der Waals surface area contributed by atoms with Crippen LogP contribution in [0.25, 0.3) is 0 Å². The van der Waals surface area contributed by atoms with Gasteiger partial charge in [-0.05, 0) is 13.0 Å². The van der Waals surface area contributed by atoms with E-state index in [4.69, 9.17) is 5.26 Å². The SMILES string of the molecule is CC(CC(=O)C(F)(F)F)=NNC(=O)/C(C#N)=N\Nc1ccccc1[N+](=O)[O-]. The molecule has 0 aliphatic rings. The highest BCUT2D eigenvalue weighted by Gasteiger charge is 2.38. The molecule has 0 radical (unpaired) electrons. The number of carbonyl (C=O) groups excluding carboxylic acids is 2. The summed E-state index contributed by atoms with van der Waals surface area (Å²) in [5.41, 5.74) is 2.33. The lowest BCUT2D eigenvalue weighted by atomic mass is 10.2. The fourth-order valence-corrected chi connectivity index (χ4v) is 1.54. The van der Waals surface area contributed by atoms with Crippen molar-refractivity contribution in [3.8, 4) is 6.07 Å². The molecule has 1 aromatic carbocycles. The minimum atomic E-state index is -5.03. The number of anilines is 1. The molecule has 0 aromatic heterocycles. The first-order valence-electron chi connectivity index (χ1n) is 6.97. The van der Waals surface area contributed by atoms with Crippen LogP contribution in [0.3, 0.4) is 0 Å². The number of carbonyl (C=O) groups is 2. The third-order valence-electron chi connectivity index (χ3n) is 2.79. The molecule has 142 valence electrons. The third-order valence-corrected chi connectivity index (χ3v) is 2.79. The predicted octanol–water partition coefficient (Wildman–Crippen LogP) is 1.90. The molecule has 0 aliphatic carbocycles. The van der Waals surface area contributed by atoms with Crippen molar-refractivity contribution in [2.45, 2.75) is 19.5 Å². The van der Waals surface area contributed by atoms with Crippen LogP contribution in [0.1, 0.15) is 13.3 Å². The van der Waals surface area contributed by atoms with E-state index >= 15 is 0 Å². The van der Waals surface area contributed by atoms with Crippen molar-refractivity contribution in [1.82, 2.24) is 5.43 Å². The molecular weight excluding hydrogens is 373 g/mol. The highest BCUT2D eigenvalue weighted by atomic mass is 19.4. The zero-order chi connectivity index (χ0) is 20.6. The van der Waals surface area contributed by atoms with Gasteiger partial charge in [-0.3, -0.25) is 25.1 Å². The number of Topliss-reactive ketones (excluding diaryl/α,β-unsaturated/α-hetero) is 1. The maximum Gasteiger partial charge on any atom is 0.450 e. The van der Waals surface area contributed by atoms with E-state index in [0.717, 1.165) is 13.0 Å². The average molecular weight is 384 g/mol. The van der Waals surface area contributed by atoms with E-state index in [-0.39, 0.29) is 17.1 Å². The largest absolute Gasteiger partial charge is 0.450 e.